The number of aromatic nitrogens is 1. The zero-order valence-electron chi connectivity index (χ0n) is 12.0. The molecule has 3 rings (SSSR count). The van der Waals surface area contributed by atoms with Crippen LogP contribution in [-0.4, -0.2) is 24.6 Å². The molecule has 1 aromatic heterocycles. The number of rotatable bonds is 4. The van der Waals surface area contributed by atoms with Gasteiger partial charge >= 0.3 is 0 Å². The van der Waals surface area contributed by atoms with Crippen molar-refractivity contribution in [1.29, 1.82) is 0 Å². The SMILES string of the molecule is NCCCc1ccc2cc(N3CCCCC3)ccc2n1. The van der Waals surface area contributed by atoms with Crippen LogP contribution in [0.15, 0.2) is 30.3 Å². The summed E-state index contributed by atoms with van der Waals surface area (Å²) in [5.74, 6) is 0. The van der Waals surface area contributed by atoms with Gasteiger partial charge < -0.3 is 10.6 Å². The maximum Gasteiger partial charge on any atom is 0.0706 e. The first-order chi connectivity index (χ1) is 9.86. The summed E-state index contributed by atoms with van der Waals surface area (Å²) in [6.07, 6.45) is 5.98. The second kappa shape index (κ2) is 6.23. The molecule has 106 valence electrons. The number of piperidine rings is 1. The van der Waals surface area contributed by atoms with Crippen molar-refractivity contribution in [3.63, 3.8) is 0 Å². The molecular weight excluding hydrogens is 246 g/mol. The fourth-order valence-corrected chi connectivity index (χ4v) is 2.93. The Bertz CT molecular complexity index is 573. The van der Waals surface area contributed by atoms with E-state index in [9.17, 15) is 0 Å². The number of pyridine rings is 1. The minimum Gasteiger partial charge on any atom is -0.372 e. The highest BCUT2D eigenvalue weighted by molar-refractivity contribution is 5.82. The molecular formula is C17H23N3. The van der Waals surface area contributed by atoms with Crippen molar-refractivity contribution in [3.05, 3.63) is 36.0 Å². The Morgan fingerprint density at radius 2 is 1.90 bits per heavy atom. The van der Waals surface area contributed by atoms with Gasteiger partial charge in [0.2, 0.25) is 0 Å². The predicted molar refractivity (Wildman–Crippen MR) is 85.2 cm³/mol. The molecule has 1 saturated heterocycles. The molecule has 2 heterocycles. The number of aryl methyl sites for hydroxylation is 1. The summed E-state index contributed by atoms with van der Waals surface area (Å²) in [5, 5.41) is 1.24. The van der Waals surface area contributed by atoms with Gasteiger partial charge in [-0.3, -0.25) is 4.98 Å². The van der Waals surface area contributed by atoms with Crippen molar-refractivity contribution in [2.24, 2.45) is 5.73 Å². The van der Waals surface area contributed by atoms with Gasteiger partial charge in [0.1, 0.15) is 0 Å². The van der Waals surface area contributed by atoms with E-state index in [-0.39, 0.29) is 0 Å². The summed E-state index contributed by atoms with van der Waals surface area (Å²) < 4.78 is 0. The molecule has 0 radical (unpaired) electrons. The second-order valence-electron chi connectivity index (χ2n) is 5.62. The van der Waals surface area contributed by atoms with E-state index in [2.05, 4.69) is 35.2 Å². The van der Waals surface area contributed by atoms with Gasteiger partial charge in [0.25, 0.3) is 0 Å². The molecule has 1 aliphatic heterocycles. The number of anilines is 1. The highest BCUT2D eigenvalue weighted by Gasteiger charge is 2.11. The Balaban J connectivity index is 1.84. The largest absolute Gasteiger partial charge is 0.372 e. The quantitative estimate of drug-likeness (QED) is 0.927. The fraction of sp³-hybridized carbons (Fsp3) is 0.471. The summed E-state index contributed by atoms with van der Waals surface area (Å²) in [6, 6.07) is 11.0. The lowest BCUT2D eigenvalue weighted by Crippen LogP contribution is -2.29. The van der Waals surface area contributed by atoms with E-state index in [0.717, 1.165) is 30.6 Å². The number of nitrogens with zero attached hydrogens (tertiary/aromatic N) is 2. The van der Waals surface area contributed by atoms with Crippen LogP contribution in [0.1, 0.15) is 31.4 Å². The van der Waals surface area contributed by atoms with E-state index in [4.69, 9.17) is 10.7 Å². The first kappa shape index (κ1) is 13.4. The Morgan fingerprint density at radius 1 is 1.05 bits per heavy atom. The van der Waals surface area contributed by atoms with E-state index in [0.29, 0.717) is 0 Å². The van der Waals surface area contributed by atoms with E-state index >= 15 is 0 Å². The summed E-state index contributed by atoms with van der Waals surface area (Å²) in [5.41, 5.74) is 9.14. The van der Waals surface area contributed by atoms with Crippen LogP contribution in [0, 0.1) is 0 Å². The molecule has 0 unspecified atom stereocenters. The molecule has 2 aromatic rings. The van der Waals surface area contributed by atoms with E-state index < -0.39 is 0 Å². The van der Waals surface area contributed by atoms with Crippen molar-refractivity contribution in [3.8, 4) is 0 Å². The Hall–Kier alpha value is -1.61. The van der Waals surface area contributed by atoms with Gasteiger partial charge in [0.05, 0.1) is 5.52 Å². The molecule has 3 heteroatoms. The number of fused-ring (bicyclic) bond motifs is 1. The maximum atomic E-state index is 5.56. The molecule has 0 aliphatic carbocycles. The topological polar surface area (TPSA) is 42.1 Å². The number of hydrogen-bond donors (Lipinski definition) is 1. The lowest BCUT2D eigenvalue weighted by molar-refractivity contribution is 0.578. The zero-order chi connectivity index (χ0) is 13.8. The third-order valence-electron chi connectivity index (χ3n) is 4.09. The van der Waals surface area contributed by atoms with Crippen LogP contribution < -0.4 is 10.6 Å². The second-order valence-corrected chi connectivity index (χ2v) is 5.62. The van der Waals surface area contributed by atoms with Crippen LogP contribution in [0.25, 0.3) is 10.9 Å². The van der Waals surface area contributed by atoms with Gasteiger partial charge in [0, 0.05) is 29.9 Å². The molecule has 3 nitrogen and oxygen atoms in total. The molecule has 1 fully saturated rings. The fourth-order valence-electron chi connectivity index (χ4n) is 2.93. The number of hydrogen-bond acceptors (Lipinski definition) is 3. The monoisotopic (exact) mass is 269 g/mol. The molecule has 1 aromatic carbocycles. The lowest BCUT2D eigenvalue weighted by atomic mass is 10.1. The van der Waals surface area contributed by atoms with Gasteiger partial charge in [-0.1, -0.05) is 6.07 Å². The third kappa shape index (κ3) is 2.93. The molecule has 0 saturated carbocycles. The molecule has 0 atom stereocenters. The van der Waals surface area contributed by atoms with Crippen LogP contribution in [0.2, 0.25) is 0 Å². The van der Waals surface area contributed by atoms with E-state index in [1.807, 2.05) is 0 Å². The van der Waals surface area contributed by atoms with Crippen LogP contribution in [-0.2, 0) is 6.42 Å². The Labute approximate surface area is 120 Å². The van der Waals surface area contributed by atoms with Crippen molar-refractivity contribution in [2.75, 3.05) is 24.5 Å². The summed E-state index contributed by atoms with van der Waals surface area (Å²) in [7, 11) is 0. The van der Waals surface area contributed by atoms with Gasteiger partial charge in [-0.2, -0.15) is 0 Å². The van der Waals surface area contributed by atoms with Gasteiger partial charge in [-0.05, 0) is 62.9 Å². The molecule has 0 amide bonds. The standard InChI is InChI=1S/C17H23N3/c18-10-4-5-15-7-6-14-13-16(8-9-17(14)19-15)20-11-2-1-3-12-20/h6-9,13H,1-5,10-12,18H2. The third-order valence-corrected chi connectivity index (χ3v) is 4.09. The maximum absolute atomic E-state index is 5.56. The lowest BCUT2D eigenvalue weighted by Gasteiger charge is -2.29. The van der Waals surface area contributed by atoms with Crippen LogP contribution in [0.3, 0.4) is 0 Å². The first-order valence-electron chi connectivity index (χ1n) is 7.71. The van der Waals surface area contributed by atoms with Gasteiger partial charge in [-0.15, -0.1) is 0 Å². The summed E-state index contributed by atoms with van der Waals surface area (Å²) in [6.45, 7) is 3.11. The molecule has 20 heavy (non-hydrogen) atoms. The minimum atomic E-state index is 0.730. The van der Waals surface area contributed by atoms with E-state index in [1.54, 1.807) is 0 Å². The minimum absolute atomic E-state index is 0.730. The van der Waals surface area contributed by atoms with Crippen molar-refractivity contribution in [2.45, 2.75) is 32.1 Å². The summed E-state index contributed by atoms with van der Waals surface area (Å²) in [4.78, 5) is 7.22. The molecule has 0 bridgehead atoms. The first-order valence-corrected chi connectivity index (χ1v) is 7.71. The normalized spacial score (nSPS) is 15.8. The predicted octanol–water partition coefficient (Wildman–Crippen LogP) is 3.12. The highest BCUT2D eigenvalue weighted by Crippen LogP contribution is 2.24. The van der Waals surface area contributed by atoms with Crippen molar-refractivity contribution < 1.29 is 0 Å². The van der Waals surface area contributed by atoms with Crippen LogP contribution in [0.4, 0.5) is 5.69 Å². The summed E-state index contributed by atoms with van der Waals surface area (Å²) >= 11 is 0. The van der Waals surface area contributed by atoms with E-state index in [1.165, 1.54) is 43.4 Å². The van der Waals surface area contributed by atoms with Gasteiger partial charge in [0.15, 0.2) is 0 Å². The Morgan fingerprint density at radius 3 is 2.70 bits per heavy atom. The van der Waals surface area contributed by atoms with Crippen molar-refractivity contribution >= 4 is 16.6 Å². The molecule has 2 N–H and O–H groups in total. The smallest absolute Gasteiger partial charge is 0.0706 e. The molecule has 0 spiro atoms. The number of nitrogens with two attached hydrogens (primary N) is 1. The Kier molecular flexibility index (Phi) is 4.16. The number of benzene rings is 1. The average Bonchev–Trinajstić information content (AvgIpc) is 2.53. The molecule has 1 aliphatic rings. The van der Waals surface area contributed by atoms with Crippen molar-refractivity contribution in [1.82, 2.24) is 4.98 Å². The van der Waals surface area contributed by atoms with Crippen LogP contribution in [0.5, 0.6) is 0 Å². The van der Waals surface area contributed by atoms with Gasteiger partial charge in [-0.25, -0.2) is 0 Å². The average molecular weight is 269 g/mol. The van der Waals surface area contributed by atoms with Crippen LogP contribution >= 0.6 is 0 Å². The highest BCUT2D eigenvalue weighted by atomic mass is 15.1. The zero-order valence-corrected chi connectivity index (χ0v) is 12.0.